The molecule has 3 aromatic carbocycles. The lowest BCUT2D eigenvalue weighted by molar-refractivity contribution is 0.0549. The molecule has 1 heterocycles. The van der Waals surface area contributed by atoms with Crippen molar-refractivity contribution in [3.63, 3.8) is 0 Å². The van der Waals surface area contributed by atoms with E-state index in [-0.39, 0.29) is 17.0 Å². The first-order valence-electron chi connectivity index (χ1n) is 10.9. The Morgan fingerprint density at radius 3 is 2.19 bits per heavy atom. The van der Waals surface area contributed by atoms with E-state index in [1.807, 2.05) is 18.2 Å². The number of carbonyl (C=O) groups is 2. The molecule has 184 valence electrons. The Hall–Kier alpha value is -4.30. The Morgan fingerprint density at radius 2 is 1.56 bits per heavy atom. The van der Waals surface area contributed by atoms with Gasteiger partial charge in [-0.1, -0.05) is 41.9 Å². The number of ether oxygens (including phenoxy) is 4. The number of hydrogen-bond acceptors (Lipinski definition) is 7. The van der Waals surface area contributed by atoms with Gasteiger partial charge in [-0.2, -0.15) is 5.10 Å². The van der Waals surface area contributed by atoms with Crippen LogP contribution < -0.4 is 9.47 Å². The van der Waals surface area contributed by atoms with Gasteiger partial charge in [0.15, 0.2) is 17.2 Å². The summed E-state index contributed by atoms with van der Waals surface area (Å²) in [5.74, 6) is -0.542. The first-order chi connectivity index (χ1) is 17.5. The Kier molecular flexibility index (Phi) is 7.56. The van der Waals surface area contributed by atoms with E-state index < -0.39 is 11.9 Å². The number of nitrogens with zero attached hydrogens (tertiary/aromatic N) is 2. The maximum Gasteiger partial charge on any atom is 0.357 e. The van der Waals surface area contributed by atoms with Crippen LogP contribution in [0.15, 0.2) is 72.8 Å². The van der Waals surface area contributed by atoms with Crippen molar-refractivity contribution in [2.75, 3.05) is 21.3 Å². The highest BCUT2D eigenvalue weighted by Crippen LogP contribution is 2.36. The summed E-state index contributed by atoms with van der Waals surface area (Å²) >= 11 is 5.95. The Balaban J connectivity index is 1.79. The second kappa shape index (κ2) is 11.0. The lowest BCUT2D eigenvalue weighted by atomic mass is 10.0. The minimum Gasteiger partial charge on any atom is -0.493 e. The van der Waals surface area contributed by atoms with Crippen LogP contribution in [0.25, 0.3) is 16.9 Å². The maximum atomic E-state index is 12.8. The largest absolute Gasteiger partial charge is 0.493 e. The summed E-state index contributed by atoms with van der Waals surface area (Å²) in [5.41, 5.74) is 2.18. The second-order valence-corrected chi connectivity index (χ2v) is 8.02. The minimum atomic E-state index is -0.729. The maximum absolute atomic E-state index is 12.8. The number of aromatic nitrogens is 2. The van der Waals surface area contributed by atoms with Crippen LogP contribution in [0.1, 0.15) is 26.4 Å². The van der Waals surface area contributed by atoms with Crippen molar-refractivity contribution in [2.45, 2.75) is 6.61 Å². The molecular weight excluding hydrogens is 484 g/mol. The molecule has 0 atom stereocenters. The zero-order valence-corrected chi connectivity index (χ0v) is 20.6. The summed E-state index contributed by atoms with van der Waals surface area (Å²) < 4.78 is 22.8. The smallest absolute Gasteiger partial charge is 0.357 e. The van der Waals surface area contributed by atoms with Gasteiger partial charge >= 0.3 is 11.9 Å². The zero-order valence-electron chi connectivity index (χ0n) is 19.9. The van der Waals surface area contributed by atoms with Crippen molar-refractivity contribution in [3.8, 4) is 28.4 Å². The molecule has 0 fully saturated rings. The number of carbonyl (C=O) groups excluding carboxylic acids is 2. The molecule has 0 aliphatic heterocycles. The van der Waals surface area contributed by atoms with E-state index in [1.165, 1.54) is 26.0 Å². The highest BCUT2D eigenvalue weighted by Gasteiger charge is 2.31. The van der Waals surface area contributed by atoms with Gasteiger partial charge in [-0.15, -0.1) is 0 Å². The number of para-hydroxylation sites is 1. The van der Waals surface area contributed by atoms with Gasteiger partial charge in [-0.3, -0.25) is 0 Å². The topological polar surface area (TPSA) is 88.9 Å². The van der Waals surface area contributed by atoms with Crippen molar-refractivity contribution >= 4 is 23.5 Å². The molecule has 0 amide bonds. The summed E-state index contributed by atoms with van der Waals surface area (Å²) in [4.78, 5) is 25.6. The van der Waals surface area contributed by atoms with E-state index in [4.69, 9.17) is 30.5 Å². The van der Waals surface area contributed by atoms with Crippen molar-refractivity contribution in [2.24, 2.45) is 0 Å². The fourth-order valence-electron chi connectivity index (χ4n) is 3.63. The van der Waals surface area contributed by atoms with E-state index in [1.54, 1.807) is 54.6 Å². The van der Waals surface area contributed by atoms with E-state index in [0.29, 0.717) is 34.4 Å². The van der Waals surface area contributed by atoms with Gasteiger partial charge < -0.3 is 18.9 Å². The molecule has 36 heavy (non-hydrogen) atoms. The molecule has 0 bridgehead atoms. The molecule has 0 unspecified atom stereocenters. The molecule has 0 radical (unpaired) electrons. The van der Waals surface area contributed by atoms with E-state index >= 15 is 0 Å². The molecule has 1 aromatic heterocycles. The SMILES string of the molecule is COC(=O)c1c(-c2ccc(OCc3ccc(Cl)cc3)c(OC)c2)nn(-c2ccccc2)c1C(=O)OC. The van der Waals surface area contributed by atoms with Crippen LogP contribution in [0.5, 0.6) is 11.5 Å². The van der Waals surface area contributed by atoms with E-state index in [0.717, 1.165) is 5.56 Å². The summed E-state index contributed by atoms with van der Waals surface area (Å²) in [6.07, 6.45) is 0. The van der Waals surface area contributed by atoms with Gasteiger partial charge in [-0.25, -0.2) is 14.3 Å². The fourth-order valence-corrected chi connectivity index (χ4v) is 3.76. The summed E-state index contributed by atoms with van der Waals surface area (Å²) in [6, 6.07) is 21.4. The Morgan fingerprint density at radius 1 is 0.861 bits per heavy atom. The van der Waals surface area contributed by atoms with Gasteiger partial charge in [0.05, 0.1) is 27.0 Å². The predicted molar refractivity (Wildman–Crippen MR) is 134 cm³/mol. The lowest BCUT2D eigenvalue weighted by Gasteiger charge is -2.12. The highest BCUT2D eigenvalue weighted by molar-refractivity contribution is 6.30. The first kappa shape index (κ1) is 24.8. The third-order valence-electron chi connectivity index (χ3n) is 5.40. The van der Waals surface area contributed by atoms with E-state index in [2.05, 4.69) is 5.10 Å². The zero-order chi connectivity index (χ0) is 25.7. The quantitative estimate of drug-likeness (QED) is 0.297. The number of hydrogen-bond donors (Lipinski definition) is 0. The third kappa shape index (κ3) is 5.04. The predicted octanol–water partition coefficient (Wildman–Crippen LogP) is 5.35. The van der Waals surface area contributed by atoms with Crippen molar-refractivity contribution in [1.29, 1.82) is 0 Å². The van der Waals surface area contributed by atoms with Gasteiger partial charge in [-0.05, 0) is 48.0 Å². The summed E-state index contributed by atoms with van der Waals surface area (Å²) in [7, 11) is 3.99. The minimum absolute atomic E-state index is 0.0231. The van der Waals surface area contributed by atoms with Gasteiger partial charge in [0.2, 0.25) is 0 Å². The van der Waals surface area contributed by atoms with Crippen LogP contribution in [-0.2, 0) is 16.1 Å². The number of methoxy groups -OCH3 is 3. The molecule has 0 aliphatic rings. The number of benzene rings is 3. The van der Waals surface area contributed by atoms with E-state index in [9.17, 15) is 9.59 Å². The summed E-state index contributed by atoms with van der Waals surface area (Å²) in [6.45, 7) is 0.301. The van der Waals surface area contributed by atoms with Gasteiger partial charge in [0.25, 0.3) is 0 Å². The van der Waals surface area contributed by atoms with Crippen LogP contribution in [0.4, 0.5) is 0 Å². The number of esters is 2. The van der Waals surface area contributed by atoms with Gasteiger partial charge in [0, 0.05) is 10.6 Å². The molecule has 0 N–H and O–H groups in total. The Bertz CT molecular complexity index is 1380. The molecule has 8 nitrogen and oxygen atoms in total. The molecule has 0 spiro atoms. The average Bonchev–Trinajstić information content (AvgIpc) is 3.33. The van der Waals surface area contributed by atoms with Gasteiger partial charge in [0.1, 0.15) is 17.9 Å². The fraction of sp³-hybridized carbons (Fsp3) is 0.148. The molecule has 9 heteroatoms. The lowest BCUT2D eigenvalue weighted by Crippen LogP contribution is -2.15. The van der Waals surface area contributed by atoms with Crippen LogP contribution in [0.2, 0.25) is 5.02 Å². The molecular formula is C27H23ClN2O6. The van der Waals surface area contributed by atoms with Crippen LogP contribution in [0, 0.1) is 0 Å². The third-order valence-corrected chi connectivity index (χ3v) is 5.65. The average molecular weight is 507 g/mol. The van der Waals surface area contributed by atoms with Crippen LogP contribution >= 0.6 is 11.6 Å². The number of rotatable bonds is 8. The second-order valence-electron chi connectivity index (χ2n) is 7.58. The molecule has 0 aliphatic carbocycles. The first-order valence-corrected chi connectivity index (χ1v) is 11.2. The van der Waals surface area contributed by atoms with Crippen molar-refractivity contribution in [3.05, 3.63) is 94.6 Å². The molecule has 4 rings (SSSR count). The number of halogens is 1. The van der Waals surface area contributed by atoms with Crippen LogP contribution in [0.3, 0.4) is 0 Å². The van der Waals surface area contributed by atoms with Crippen molar-refractivity contribution in [1.82, 2.24) is 9.78 Å². The van der Waals surface area contributed by atoms with Crippen LogP contribution in [-0.4, -0.2) is 43.0 Å². The summed E-state index contributed by atoms with van der Waals surface area (Å²) in [5, 5.41) is 5.24. The highest BCUT2D eigenvalue weighted by atomic mass is 35.5. The molecule has 4 aromatic rings. The molecule has 0 saturated carbocycles. The normalized spacial score (nSPS) is 10.6. The molecule has 0 saturated heterocycles. The monoisotopic (exact) mass is 506 g/mol. The van der Waals surface area contributed by atoms with Crippen molar-refractivity contribution < 1.29 is 28.5 Å². The standard InChI is InChI=1S/C27H23ClN2O6/c1-33-22-15-18(11-14-21(22)36-16-17-9-12-19(28)13-10-17)24-23(26(31)34-2)25(27(32)35-3)30(29-24)20-7-5-4-6-8-20/h4-15H,16H2,1-3H3. The Labute approximate surface area is 212 Å².